The van der Waals surface area contributed by atoms with Crippen LogP contribution in [-0.4, -0.2) is 19.6 Å². The van der Waals surface area contributed by atoms with E-state index in [9.17, 15) is 4.39 Å². The van der Waals surface area contributed by atoms with E-state index in [1.165, 1.54) is 23.1 Å². The van der Waals surface area contributed by atoms with Crippen LogP contribution < -0.4 is 0 Å². The molecule has 28 heavy (non-hydrogen) atoms. The van der Waals surface area contributed by atoms with Gasteiger partial charge in [0.2, 0.25) is 0 Å². The molecule has 5 rings (SSSR count). The van der Waals surface area contributed by atoms with Crippen LogP contribution in [0.3, 0.4) is 0 Å². The van der Waals surface area contributed by atoms with E-state index >= 15 is 0 Å². The second-order valence-corrected chi connectivity index (χ2v) is 8.26. The smallest absolute Gasteiger partial charge is 0.196 e. The summed E-state index contributed by atoms with van der Waals surface area (Å²) in [5, 5.41) is 13.7. The highest BCUT2D eigenvalue weighted by atomic mass is 32.2. The van der Waals surface area contributed by atoms with Gasteiger partial charge in [0.15, 0.2) is 10.8 Å². The van der Waals surface area contributed by atoms with Gasteiger partial charge in [0.1, 0.15) is 10.8 Å². The number of thiazole rings is 1. The fraction of sp³-hybridized carbons (Fsp3) is 0.0952. The molecule has 138 valence electrons. The lowest BCUT2D eigenvalue weighted by atomic mass is 10.1. The lowest BCUT2D eigenvalue weighted by Crippen LogP contribution is -1.93. The predicted octanol–water partition coefficient (Wildman–Crippen LogP) is 5.75. The van der Waals surface area contributed by atoms with E-state index in [-0.39, 0.29) is 5.82 Å². The number of hydrogen-bond donors (Lipinski definition) is 0. The normalized spacial score (nSPS) is 11.5. The maximum atomic E-state index is 13.1. The number of fused-ring (bicyclic) bond motifs is 3. The standard InChI is InChI=1S/C21H15FN4S2/c1-13-10-19-24-25-21(26(19)18-5-3-2-4-17(13)18)28-12-16-11-27-20(23-16)14-6-8-15(22)9-7-14/h2-11H,12H2,1H3. The Hall–Kier alpha value is -2.77. The quantitative estimate of drug-likeness (QED) is 0.357. The summed E-state index contributed by atoms with van der Waals surface area (Å²) in [6, 6.07) is 16.8. The van der Waals surface area contributed by atoms with Gasteiger partial charge in [0.05, 0.1) is 11.2 Å². The molecule has 0 saturated heterocycles. The Balaban J connectivity index is 1.44. The molecule has 5 aromatic rings. The number of nitrogens with zero attached hydrogens (tertiary/aromatic N) is 4. The molecule has 2 aromatic carbocycles. The van der Waals surface area contributed by atoms with Gasteiger partial charge in [-0.1, -0.05) is 30.0 Å². The molecule has 0 bridgehead atoms. The van der Waals surface area contributed by atoms with Crippen molar-refractivity contribution in [1.82, 2.24) is 19.6 Å². The SMILES string of the molecule is Cc1cc2nnc(SCc3csc(-c4ccc(F)cc4)n3)n2c2ccccc12. The fourth-order valence-corrected chi connectivity index (χ4v) is 4.98. The Bertz CT molecular complexity index is 1290. The third kappa shape index (κ3) is 3.06. The molecule has 0 aliphatic rings. The minimum atomic E-state index is -0.239. The molecule has 0 spiro atoms. The average Bonchev–Trinajstić information content (AvgIpc) is 3.34. The topological polar surface area (TPSA) is 43.1 Å². The van der Waals surface area contributed by atoms with E-state index in [0.29, 0.717) is 5.75 Å². The second-order valence-electron chi connectivity index (χ2n) is 6.46. The van der Waals surface area contributed by atoms with Crippen molar-refractivity contribution >= 4 is 39.6 Å². The Morgan fingerprint density at radius 1 is 1.07 bits per heavy atom. The number of aryl methyl sites for hydroxylation is 1. The van der Waals surface area contributed by atoms with Gasteiger partial charge in [-0.3, -0.25) is 4.40 Å². The molecule has 0 saturated carbocycles. The lowest BCUT2D eigenvalue weighted by molar-refractivity contribution is 0.628. The summed E-state index contributed by atoms with van der Waals surface area (Å²) in [6.07, 6.45) is 0. The van der Waals surface area contributed by atoms with Crippen molar-refractivity contribution < 1.29 is 4.39 Å². The van der Waals surface area contributed by atoms with Gasteiger partial charge in [-0.2, -0.15) is 0 Å². The van der Waals surface area contributed by atoms with Crippen LogP contribution in [0.2, 0.25) is 0 Å². The lowest BCUT2D eigenvalue weighted by Gasteiger charge is -2.06. The van der Waals surface area contributed by atoms with Gasteiger partial charge in [-0.05, 0) is 48.9 Å². The number of benzene rings is 2. The zero-order chi connectivity index (χ0) is 19.1. The van der Waals surface area contributed by atoms with Crippen molar-refractivity contribution in [3.8, 4) is 10.6 Å². The summed E-state index contributed by atoms with van der Waals surface area (Å²) in [7, 11) is 0. The molecule has 0 aliphatic carbocycles. The molecule has 0 radical (unpaired) electrons. The third-order valence-electron chi connectivity index (χ3n) is 4.57. The highest BCUT2D eigenvalue weighted by Crippen LogP contribution is 2.30. The molecule has 7 heteroatoms. The van der Waals surface area contributed by atoms with Crippen LogP contribution in [-0.2, 0) is 5.75 Å². The van der Waals surface area contributed by atoms with E-state index in [1.807, 2.05) is 17.5 Å². The van der Waals surface area contributed by atoms with Gasteiger partial charge in [0.25, 0.3) is 0 Å². The Morgan fingerprint density at radius 3 is 2.75 bits per heavy atom. The number of rotatable bonds is 4. The first-order valence-electron chi connectivity index (χ1n) is 8.76. The highest BCUT2D eigenvalue weighted by molar-refractivity contribution is 7.98. The van der Waals surface area contributed by atoms with Crippen molar-refractivity contribution in [3.63, 3.8) is 0 Å². The summed E-state index contributed by atoms with van der Waals surface area (Å²) in [6.45, 7) is 2.09. The first-order chi connectivity index (χ1) is 13.7. The van der Waals surface area contributed by atoms with Gasteiger partial charge >= 0.3 is 0 Å². The van der Waals surface area contributed by atoms with Crippen molar-refractivity contribution in [2.24, 2.45) is 0 Å². The molecule has 0 atom stereocenters. The fourth-order valence-electron chi connectivity index (χ4n) is 3.21. The van der Waals surface area contributed by atoms with Crippen LogP contribution in [0.1, 0.15) is 11.3 Å². The van der Waals surface area contributed by atoms with Crippen LogP contribution in [0, 0.1) is 12.7 Å². The Kier molecular flexibility index (Phi) is 4.33. The maximum Gasteiger partial charge on any atom is 0.196 e. The molecule has 4 nitrogen and oxygen atoms in total. The van der Waals surface area contributed by atoms with Crippen molar-refractivity contribution in [3.05, 3.63) is 77.1 Å². The van der Waals surface area contributed by atoms with Crippen LogP contribution in [0.4, 0.5) is 4.39 Å². The van der Waals surface area contributed by atoms with Gasteiger partial charge in [-0.15, -0.1) is 21.5 Å². The number of para-hydroxylation sites is 1. The first kappa shape index (κ1) is 17.3. The summed E-state index contributed by atoms with van der Waals surface area (Å²) in [4.78, 5) is 4.68. The van der Waals surface area contributed by atoms with E-state index in [4.69, 9.17) is 0 Å². The molecule has 3 aromatic heterocycles. The van der Waals surface area contributed by atoms with Crippen LogP contribution >= 0.6 is 23.1 Å². The minimum absolute atomic E-state index is 0.239. The highest BCUT2D eigenvalue weighted by Gasteiger charge is 2.13. The van der Waals surface area contributed by atoms with Crippen molar-refractivity contribution in [2.45, 2.75) is 17.8 Å². The summed E-state index contributed by atoms with van der Waals surface area (Å²) in [5.74, 6) is 0.456. The molecule has 0 fully saturated rings. The summed E-state index contributed by atoms with van der Waals surface area (Å²) >= 11 is 3.18. The van der Waals surface area contributed by atoms with Crippen molar-refractivity contribution in [2.75, 3.05) is 0 Å². The molecular weight excluding hydrogens is 391 g/mol. The van der Waals surface area contributed by atoms with Crippen LogP contribution in [0.5, 0.6) is 0 Å². The van der Waals surface area contributed by atoms with E-state index in [0.717, 1.165) is 32.6 Å². The molecule has 0 N–H and O–H groups in total. The number of thioether (sulfide) groups is 1. The number of aromatic nitrogens is 4. The molecule has 3 heterocycles. The summed E-state index contributed by atoms with van der Waals surface area (Å²) < 4.78 is 15.2. The Labute approximate surface area is 169 Å². The zero-order valence-corrected chi connectivity index (χ0v) is 16.6. The van der Waals surface area contributed by atoms with Gasteiger partial charge < -0.3 is 0 Å². The maximum absolute atomic E-state index is 13.1. The average molecular weight is 407 g/mol. The molecule has 0 amide bonds. The zero-order valence-electron chi connectivity index (χ0n) is 15.0. The third-order valence-corrected chi connectivity index (χ3v) is 6.47. The van der Waals surface area contributed by atoms with E-state index < -0.39 is 0 Å². The number of halogens is 1. The van der Waals surface area contributed by atoms with Crippen molar-refractivity contribution in [1.29, 1.82) is 0 Å². The monoisotopic (exact) mass is 406 g/mol. The van der Waals surface area contributed by atoms with Crippen LogP contribution in [0.15, 0.2) is 65.1 Å². The van der Waals surface area contributed by atoms with Crippen LogP contribution in [0.25, 0.3) is 27.1 Å². The van der Waals surface area contributed by atoms with E-state index in [1.54, 1.807) is 35.2 Å². The summed E-state index contributed by atoms with van der Waals surface area (Å²) in [5.41, 5.74) is 5.05. The number of pyridine rings is 1. The number of hydrogen-bond acceptors (Lipinski definition) is 5. The molecule has 0 aliphatic heterocycles. The predicted molar refractivity (Wildman–Crippen MR) is 112 cm³/mol. The molecule has 0 unspecified atom stereocenters. The Morgan fingerprint density at radius 2 is 1.89 bits per heavy atom. The van der Waals surface area contributed by atoms with Gasteiger partial charge in [0, 0.05) is 22.1 Å². The van der Waals surface area contributed by atoms with E-state index in [2.05, 4.69) is 44.7 Å². The second kappa shape index (κ2) is 7.00. The molecular formula is C21H15FN4S2. The largest absolute Gasteiger partial charge is 0.270 e. The minimum Gasteiger partial charge on any atom is -0.270 e. The first-order valence-corrected chi connectivity index (χ1v) is 10.6. The van der Waals surface area contributed by atoms with Gasteiger partial charge in [-0.25, -0.2) is 9.37 Å².